The van der Waals surface area contributed by atoms with Crippen molar-refractivity contribution < 1.29 is 28.3 Å². The van der Waals surface area contributed by atoms with Crippen molar-refractivity contribution in [2.75, 3.05) is 18.9 Å². The van der Waals surface area contributed by atoms with Crippen LogP contribution in [0.4, 0.5) is 10.1 Å². The van der Waals surface area contributed by atoms with Gasteiger partial charge in [-0.05, 0) is 49.7 Å². The zero-order valence-electron chi connectivity index (χ0n) is 22.4. The van der Waals surface area contributed by atoms with Gasteiger partial charge in [0.1, 0.15) is 23.8 Å². The van der Waals surface area contributed by atoms with Crippen LogP contribution in [0.1, 0.15) is 57.8 Å². The van der Waals surface area contributed by atoms with Crippen molar-refractivity contribution in [3.8, 4) is 11.9 Å². The second kappa shape index (κ2) is 9.71. The summed E-state index contributed by atoms with van der Waals surface area (Å²) in [5, 5.41) is 15.4. The van der Waals surface area contributed by atoms with Crippen LogP contribution in [0, 0.1) is 23.2 Å². The van der Waals surface area contributed by atoms with Crippen molar-refractivity contribution in [1.29, 1.82) is 5.26 Å². The van der Waals surface area contributed by atoms with E-state index in [2.05, 4.69) is 21.7 Å². The van der Waals surface area contributed by atoms with E-state index in [0.717, 1.165) is 25.7 Å². The van der Waals surface area contributed by atoms with Crippen molar-refractivity contribution in [1.82, 2.24) is 20.1 Å². The van der Waals surface area contributed by atoms with Gasteiger partial charge in [0, 0.05) is 19.7 Å². The highest BCUT2D eigenvalue weighted by molar-refractivity contribution is 6.02. The number of halogens is 1. The van der Waals surface area contributed by atoms with E-state index in [1.54, 1.807) is 12.1 Å². The molecule has 2 aliphatic heterocycles. The third kappa shape index (κ3) is 4.97. The second-order valence-corrected chi connectivity index (χ2v) is 12.0. The number of nitriles is 1. The number of alkyl halides is 1. The smallest absolute Gasteiger partial charge is 0.270 e. The maximum atomic E-state index is 14.4. The van der Waals surface area contributed by atoms with Gasteiger partial charge < -0.3 is 25.2 Å². The van der Waals surface area contributed by atoms with Crippen LogP contribution in [0.2, 0.25) is 0 Å². The summed E-state index contributed by atoms with van der Waals surface area (Å²) < 4.78 is 20.5. The monoisotopic (exact) mass is 552 g/mol. The molecule has 1 saturated heterocycles. The van der Waals surface area contributed by atoms with Crippen LogP contribution in [0.15, 0.2) is 18.3 Å². The molecular formula is C28H33FN6O5. The molecule has 0 unspecified atom stereocenters. The normalized spacial score (nSPS) is 27.5. The highest BCUT2D eigenvalue weighted by atomic mass is 19.1. The van der Waals surface area contributed by atoms with Crippen LogP contribution < -0.4 is 15.4 Å². The fraction of sp³-hybridized carbons (Fsp3) is 0.643. The SMILES string of the molecule is CN(C(=O)[C@H](CC1CC1)NC(=O)C1(F)CC1)[C@@H](CC1CC1)C(=O)N1C[C@@]2(C[C@H]1C#N)Oc1ncccc1NC2=O. The van der Waals surface area contributed by atoms with E-state index < -0.39 is 53.0 Å². The molecule has 3 heterocycles. The minimum Gasteiger partial charge on any atom is -0.457 e. The third-order valence-corrected chi connectivity index (χ3v) is 8.80. The molecule has 212 valence electrons. The van der Waals surface area contributed by atoms with Crippen LogP contribution in [0.25, 0.3) is 0 Å². The molecule has 3 saturated carbocycles. The first-order chi connectivity index (χ1) is 19.1. The molecule has 1 aromatic heterocycles. The fourth-order valence-electron chi connectivity index (χ4n) is 5.71. The molecule has 1 aromatic rings. The lowest BCUT2D eigenvalue weighted by Crippen LogP contribution is -2.58. The number of likely N-dealkylation sites (tertiary alicyclic amines) is 1. The standard InChI is InChI=1S/C28H33FN6O5/c1-34(23(36)20(11-16-4-5-16)33-25(38)27(29)8-9-27)21(12-17-6-7-17)24(37)35-15-28(13-18(35)14-30)26(39)32-19-3-2-10-31-22(19)40-28/h2-3,10,16-18,20-21H,4-9,11-13,15H2,1H3,(H,32,39)(H,33,38)/t18-,20-,21-,28+/m0/s1. The Kier molecular flexibility index (Phi) is 6.43. The molecule has 4 fully saturated rings. The van der Waals surface area contributed by atoms with E-state index in [-0.39, 0.29) is 43.5 Å². The Morgan fingerprint density at radius 1 is 1.27 bits per heavy atom. The fourth-order valence-corrected chi connectivity index (χ4v) is 5.71. The molecule has 4 amide bonds. The number of ether oxygens (including phenoxy) is 1. The van der Waals surface area contributed by atoms with Gasteiger partial charge in [-0.15, -0.1) is 0 Å². The lowest BCUT2D eigenvalue weighted by Gasteiger charge is -2.35. The van der Waals surface area contributed by atoms with Gasteiger partial charge >= 0.3 is 0 Å². The van der Waals surface area contributed by atoms with E-state index in [0.29, 0.717) is 18.5 Å². The zero-order valence-corrected chi connectivity index (χ0v) is 22.4. The minimum absolute atomic E-state index is 0.0379. The van der Waals surface area contributed by atoms with Gasteiger partial charge in [-0.3, -0.25) is 19.2 Å². The first-order valence-corrected chi connectivity index (χ1v) is 14.0. The number of amides is 4. The molecule has 11 nitrogen and oxygen atoms in total. The molecule has 4 atom stereocenters. The lowest BCUT2D eigenvalue weighted by atomic mass is 9.97. The van der Waals surface area contributed by atoms with Crippen LogP contribution in [0.3, 0.4) is 0 Å². The van der Waals surface area contributed by atoms with E-state index in [4.69, 9.17) is 4.74 Å². The van der Waals surface area contributed by atoms with Gasteiger partial charge in [0.25, 0.3) is 11.8 Å². The predicted octanol–water partition coefficient (Wildman–Crippen LogP) is 1.69. The number of hydrogen-bond acceptors (Lipinski definition) is 7. The molecular weight excluding hydrogens is 519 g/mol. The Bertz CT molecular complexity index is 1290. The number of pyridine rings is 1. The summed E-state index contributed by atoms with van der Waals surface area (Å²) >= 11 is 0. The molecule has 0 aromatic carbocycles. The van der Waals surface area contributed by atoms with Gasteiger partial charge in [0.05, 0.1) is 12.6 Å². The predicted molar refractivity (Wildman–Crippen MR) is 138 cm³/mol. The number of fused-ring (bicyclic) bond motifs is 1. The van der Waals surface area contributed by atoms with Crippen molar-refractivity contribution >= 4 is 29.3 Å². The maximum absolute atomic E-state index is 14.4. The Morgan fingerprint density at radius 2 is 1.98 bits per heavy atom. The number of nitrogens with one attached hydrogen (secondary N) is 2. The maximum Gasteiger partial charge on any atom is 0.270 e. The van der Waals surface area contributed by atoms with Gasteiger partial charge in [-0.1, -0.05) is 25.7 Å². The molecule has 6 rings (SSSR count). The molecule has 5 aliphatic rings. The van der Waals surface area contributed by atoms with Crippen molar-refractivity contribution in [3.63, 3.8) is 0 Å². The summed E-state index contributed by atoms with van der Waals surface area (Å²) in [7, 11) is 1.53. The number of anilines is 1. The van der Waals surface area contributed by atoms with Gasteiger partial charge in [-0.2, -0.15) is 5.26 Å². The van der Waals surface area contributed by atoms with Crippen molar-refractivity contribution in [3.05, 3.63) is 18.3 Å². The van der Waals surface area contributed by atoms with E-state index in [1.807, 2.05) is 0 Å². The Balaban J connectivity index is 1.22. The van der Waals surface area contributed by atoms with E-state index in [9.17, 15) is 28.8 Å². The molecule has 0 bridgehead atoms. The Hall–Kier alpha value is -3.75. The third-order valence-electron chi connectivity index (χ3n) is 8.80. The number of hydrogen-bond donors (Lipinski definition) is 2. The highest BCUT2D eigenvalue weighted by Crippen LogP contribution is 2.42. The van der Waals surface area contributed by atoms with Crippen LogP contribution in [-0.2, 0) is 19.2 Å². The van der Waals surface area contributed by atoms with E-state index in [1.165, 1.54) is 23.0 Å². The second-order valence-electron chi connectivity index (χ2n) is 12.0. The van der Waals surface area contributed by atoms with Crippen LogP contribution >= 0.6 is 0 Å². The summed E-state index contributed by atoms with van der Waals surface area (Å²) in [6, 6.07) is 2.67. The number of aromatic nitrogens is 1. The lowest BCUT2D eigenvalue weighted by molar-refractivity contribution is -0.148. The molecule has 0 radical (unpaired) electrons. The minimum atomic E-state index is -1.91. The molecule has 40 heavy (non-hydrogen) atoms. The zero-order chi connectivity index (χ0) is 28.2. The first-order valence-electron chi connectivity index (χ1n) is 14.0. The summed E-state index contributed by atoms with van der Waals surface area (Å²) in [5.74, 6) is -1.39. The number of nitrogens with zero attached hydrogens (tertiary/aromatic N) is 4. The average molecular weight is 553 g/mol. The van der Waals surface area contributed by atoms with Crippen LogP contribution in [-0.4, -0.2) is 81.4 Å². The summed E-state index contributed by atoms with van der Waals surface area (Å²) in [6.45, 7) is -0.165. The summed E-state index contributed by atoms with van der Waals surface area (Å²) in [5.41, 5.74) is -2.98. The molecule has 1 spiro atoms. The van der Waals surface area contributed by atoms with Gasteiger partial charge in [0.15, 0.2) is 5.67 Å². The van der Waals surface area contributed by atoms with E-state index >= 15 is 0 Å². The van der Waals surface area contributed by atoms with Gasteiger partial charge in [-0.25, -0.2) is 9.37 Å². The first kappa shape index (κ1) is 26.5. The quantitative estimate of drug-likeness (QED) is 0.474. The largest absolute Gasteiger partial charge is 0.457 e. The Labute approximate surface area is 231 Å². The van der Waals surface area contributed by atoms with Crippen molar-refractivity contribution in [2.45, 2.75) is 87.2 Å². The van der Waals surface area contributed by atoms with Crippen molar-refractivity contribution in [2.24, 2.45) is 11.8 Å². The molecule has 3 aliphatic carbocycles. The highest BCUT2D eigenvalue weighted by Gasteiger charge is 2.57. The molecule has 2 N–H and O–H groups in total. The number of likely N-dealkylation sites (N-methyl/N-ethyl adjacent to an activating group) is 1. The molecule has 12 heteroatoms. The number of carbonyl (C=O) groups is 4. The summed E-state index contributed by atoms with van der Waals surface area (Å²) in [6.07, 6.45) is 6.30. The van der Waals surface area contributed by atoms with Gasteiger partial charge in [0.2, 0.25) is 23.3 Å². The summed E-state index contributed by atoms with van der Waals surface area (Å²) in [4.78, 5) is 60.4. The number of carbonyl (C=O) groups excluding carboxylic acids is 4. The Morgan fingerprint density at radius 3 is 2.62 bits per heavy atom. The topological polar surface area (TPSA) is 145 Å². The van der Waals surface area contributed by atoms with Crippen LogP contribution in [0.5, 0.6) is 5.88 Å². The number of rotatable bonds is 9. The average Bonchev–Trinajstić information content (AvgIpc) is 3.84.